The largest absolute Gasteiger partial charge is 0.285 e. The molecule has 1 rings (SSSR count). The second kappa shape index (κ2) is 4.39. The zero-order chi connectivity index (χ0) is 10.6. The lowest BCUT2D eigenvalue weighted by atomic mass is 10.1. The minimum Gasteiger partial charge on any atom is -0.285 e. The van der Waals surface area contributed by atoms with Crippen LogP contribution in [-0.2, 0) is 10.1 Å². The van der Waals surface area contributed by atoms with Gasteiger partial charge in [-0.05, 0) is 12.5 Å². The molecule has 0 spiro atoms. The SMILES string of the molecule is C/C(=C\c1ccccc1)CS(=O)(=O)O. The van der Waals surface area contributed by atoms with E-state index in [2.05, 4.69) is 0 Å². The van der Waals surface area contributed by atoms with E-state index in [0.717, 1.165) is 5.56 Å². The molecule has 0 heterocycles. The maximum absolute atomic E-state index is 10.5. The maximum Gasteiger partial charge on any atom is 0.268 e. The van der Waals surface area contributed by atoms with Gasteiger partial charge in [-0.1, -0.05) is 42.0 Å². The Balaban J connectivity index is 2.80. The summed E-state index contributed by atoms with van der Waals surface area (Å²) in [5.41, 5.74) is 1.53. The van der Waals surface area contributed by atoms with Crippen molar-refractivity contribution < 1.29 is 13.0 Å². The summed E-state index contributed by atoms with van der Waals surface area (Å²) in [6, 6.07) is 9.36. The van der Waals surface area contributed by atoms with Gasteiger partial charge in [0.2, 0.25) is 0 Å². The van der Waals surface area contributed by atoms with Crippen LogP contribution in [-0.4, -0.2) is 18.7 Å². The normalized spacial score (nSPS) is 12.9. The van der Waals surface area contributed by atoms with Gasteiger partial charge in [0.25, 0.3) is 10.1 Å². The van der Waals surface area contributed by atoms with Crippen LogP contribution in [0.4, 0.5) is 0 Å². The van der Waals surface area contributed by atoms with E-state index < -0.39 is 10.1 Å². The Hall–Kier alpha value is -1.13. The Morgan fingerprint density at radius 3 is 2.43 bits per heavy atom. The van der Waals surface area contributed by atoms with Crippen LogP contribution in [0.5, 0.6) is 0 Å². The third-order valence-electron chi connectivity index (χ3n) is 1.62. The van der Waals surface area contributed by atoms with E-state index in [1.807, 2.05) is 30.3 Å². The predicted octanol–water partition coefficient (Wildman–Crippen LogP) is 1.98. The molecule has 0 aliphatic heterocycles. The molecule has 0 aliphatic rings. The van der Waals surface area contributed by atoms with Crippen molar-refractivity contribution in [3.63, 3.8) is 0 Å². The quantitative estimate of drug-likeness (QED) is 0.779. The van der Waals surface area contributed by atoms with Gasteiger partial charge in [0.05, 0.1) is 5.75 Å². The van der Waals surface area contributed by atoms with Gasteiger partial charge >= 0.3 is 0 Å². The molecule has 0 amide bonds. The van der Waals surface area contributed by atoms with E-state index in [0.29, 0.717) is 5.57 Å². The molecule has 1 aromatic rings. The van der Waals surface area contributed by atoms with Gasteiger partial charge in [-0.15, -0.1) is 0 Å². The zero-order valence-corrected chi connectivity index (χ0v) is 8.66. The third-order valence-corrected chi connectivity index (χ3v) is 2.44. The Kier molecular flexibility index (Phi) is 3.43. The number of rotatable bonds is 3. The summed E-state index contributed by atoms with van der Waals surface area (Å²) in [7, 11) is -3.91. The third kappa shape index (κ3) is 4.20. The van der Waals surface area contributed by atoms with Gasteiger partial charge in [-0.2, -0.15) is 8.42 Å². The minimum atomic E-state index is -3.91. The fraction of sp³-hybridized carbons (Fsp3) is 0.200. The molecule has 0 atom stereocenters. The molecular formula is C10H12O3S. The summed E-state index contributed by atoms with van der Waals surface area (Å²) < 4.78 is 29.7. The fourth-order valence-electron chi connectivity index (χ4n) is 1.16. The van der Waals surface area contributed by atoms with E-state index in [9.17, 15) is 8.42 Å². The highest BCUT2D eigenvalue weighted by atomic mass is 32.2. The van der Waals surface area contributed by atoms with E-state index in [1.54, 1.807) is 13.0 Å². The molecule has 0 saturated heterocycles. The first kappa shape index (κ1) is 10.9. The van der Waals surface area contributed by atoms with Crippen molar-refractivity contribution in [1.82, 2.24) is 0 Å². The lowest BCUT2D eigenvalue weighted by molar-refractivity contribution is 0.486. The summed E-state index contributed by atoms with van der Waals surface area (Å²) in [5.74, 6) is -0.318. The zero-order valence-electron chi connectivity index (χ0n) is 7.84. The Bertz CT molecular complexity index is 418. The summed E-state index contributed by atoms with van der Waals surface area (Å²) >= 11 is 0. The second-order valence-electron chi connectivity index (χ2n) is 3.13. The van der Waals surface area contributed by atoms with Crippen molar-refractivity contribution in [2.45, 2.75) is 6.92 Å². The van der Waals surface area contributed by atoms with Crippen LogP contribution in [0, 0.1) is 0 Å². The summed E-state index contributed by atoms with van der Waals surface area (Å²) in [4.78, 5) is 0. The van der Waals surface area contributed by atoms with Crippen LogP contribution in [0.2, 0.25) is 0 Å². The average Bonchev–Trinajstić information content (AvgIpc) is 2.02. The standard InChI is InChI=1S/C10H12O3S/c1-9(8-14(11,12)13)7-10-5-3-2-4-6-10/h2-7H,8H2,1H3,(H,11,12,13)/b9-7+. The van der Waals surface area contributed by atoms with E-state index in [4.69, 9.17) is 4.55 Å². The van der Waals surface area contributed by atoms with Crippen molar-refractivity contribution in [1.29, 1.82) is 0 Å². The van der Waals surface area contributed by atoms with Gasteiger partial charge in [-0.3, -0.25) is 4.55 Å². The van der Waals surface area contributed by atoms with Crippen LogP contribution in [0.15, 0.2) is 35.9 Å². The monoisotopic (exact) mass is 212 g/mol. The highest BCUT2D eigenvalue weighted by Gasteiger charge is 2.04. The first-order chi connectivity index (χ1) is 6.47. The second-order valence-corrected chi connectivity index (χ2v) is 4.58. The van der Waals surface area contributed by atoms with Crippen molar-refractivity contribution in [3.8, 4) is 0 Å². The molecule has 14 heavy (non-hydrogen) atoms. The Morgan fingerprint density at radius 1 is 1.36 bits per heavy atom. The lowest BCUT2D eigenvalue weighted by Gasteiger charge is -1.98. The average molecular weight is 212 g/mol. The number of hydrogen-bond acceptors (Lipinski definition) is 2. The Labute approximate surface area is 83.8 Å². The molecule has 0 fully saturated rings. The van der Waals surface area contributed by atoms with E-state index in [-0.39, 0.29) is 5.75 Å². The fourth-order valence-corrected chi connectivity index (χ4v) is 1.82. The van der Waals surface area contributed by atoms with Crippen molar-refractivity contribution in [2.24, 2.45) is 0 Å². The molecule has 0 saturated carbocycles. The Morgan fingerprint density at radius 2 is 1.93 bits per heavy atom. The number of hydrogen-bond donors (Lipinski definition) is 1. The van der Waals surface area contributed by atoms with Crippen molar-refractivity contribution in [2.75, 3.05) is 5.75 Å². The van der Waals surface area contributed by atoms with Crippen molar-refractivity contribution in [3.05, 3.63) is 41.5 Å². The molecule has 0 aliphatic carbocycles. The maximum atomic E-state index is 10.5. The van der Waals surface area contributed by atoms with Crippen LogP contribution >= 0.6 is 0 Å². The van der Waals surface area contributed by atoms with Gasteiger partial charge in [0, 0.05) is 0 Å². The van der Waals surface area contributed by atoms with E-state index >= 15 is 0 Å². The van der Waals surface area contributed by atoms with E-state index in [1.165, 1.54) is 0 Å². The minimum absolute atomic E-state index is 0.318. The van der Waals surface area contributed by atoms with Gasteiger partial charge in [0.15, 0.2) is 0 Å². The molecule has 1 N–H and O–H groups in total. The predicted molar refractivity (Wildman–Crippen MR) is 56.5 cm³/mol. The van der Waals surface area contributed by atoms with Crippen LogP contribution in [0.25, 0.3) is 6.08 Å². The van der Waals surface area contributed by atoms with Crippen molar-refractivity contribution >= 4 is 16.2 Å². The molecule has 0 aromatic heterocycles. The van der Waals surface area contributed by atoms with Crippen LogP contribution < -0.4 is 0 Å². The van der Waals surface area contributed by atoms with Gasteiger partial charge in [0.1, 0.15) is 0 Å². The molecule has 0 radical (unpaired) electrons. The lowest BCUT2D eigenvalue weighted by Crippen LogP contribution is -2.04. The van der Waals surface area contributed by atoms with Crippen LogP contribution in [0.3, 0.4) is 0 Å². The number of benzene rings is 1. The molecule has 4 heteroatoms. The first-order valence-corrected chi connectivity index (χ1v) is 5.76. The molecule has 0 unspecified atom stereocenters. The first-order valence-electron chi connectivity index (χ1n) is 4.15. The highest BCUT2D eigenvalue weighted by Crippen LogP contribution is 2.07. The molecular weight excluding hydrogens is 200 g/mol. The summed E-state index contributed by atoms with van der Waals surface area (Å²) in [6.07, 6.45) is 1.73. The van der Waals surface area contributed by atoms with Gasteiger partial charge < -0.3 is 0 Å². The van der Waals surface area contributed by atoms with Crippen LogP contribution in [0.1, 0.15) is 12.5 Å². The molecule has 76 valence electrons. The molecule has 3 nitrogen and oxygen atoms in total. The molecule has 0 bridgehead atoms. The summed E-state index contributed by atoms with van der Waals surface area (Å²) in [5, 5.41) is 0. The smallest absolute Gasteiger partial charge is 0.268 e. The van der Waals surface area contributed by atoms with Gasteiger partial charge in [-0.25, -0.2) is 0 Å². The topological polar surface area (TPSA) is 54.4 Å². The molecule has 1 aromatic carbocycles. The summed E-state index contributed by atoms with van der Waals surface area (Å²) in [6.45, 7) is 1.67. The highest BCUT2D eigenvalue weighted by molar-refractivity contribution is 7.86.